The van der Waals surface area contributed by atoms with Crippen LogP contribution in [0.3, 0.4) is 0 Å². The molecule has 1 aliphatic heterocycles. The first-order valence-electron chi connectivity index (χ1n) is 7.12. The number of hydrogen-bond donors (Lipinski definition) is 2. The monoisotopic (exact) mass is 281 g/mol. The van der Waals surface area contributed by atoms with E-state index in [0.717, 1.165) is 18.8 Å². The van der Waals surface area contributed by atoms with Crippen LogP contribution >= 0.6 is 0 Å². The van der Waals surface area contributed by atoms with E-state index in [0.29, 0.717) is 5.56 Å². The van der Waals surface area contributed by atoms with Crippen LogP contribution < -0.4 is 10.6 Å². The lowest BCUT2D eigenvalue weighted by Gasteiger charge is -2.33. The Morgan fingerprint density at radius 2 is 2.19 bits per heavy atom. The van der Waals surface area contributed by atoms with Gasteiger partial charge in [0.1, 0.15) is 0 Å². The van der Waals surface area contributed by atoms with Gasteiger partial charge in [0.25, 0.3) is 5.91 Å². The van der Waals surface area contributed by atoms with Crippen LogP contribution in [0.1, 0.15) is 35.3 Å². The van der Waals surface area contributed by atoms with E-state index in [2.05, 4.69) is 41.6 Å². The van der Waals surface area contributed by atoms with Crippen LogP contribution in [0.5, 0.6) is 0 Å². The first-order chi connectivity index (χ1) is 10.1. The minimum atomic E-state index is -0.133. The molecule has 0 saturated heterocycles. The van der Waals surface area contributed by atoms with Crippen molar-refractivity contribution in [1.82, 2.24) is 10.3 Å². The molecule has 1 aromatic carbocycles. The van der Waals surface area contributed by atoms with E-state index in [1.54, 1.807) is 24.5 Å². The van der Waals surface area contributed by atoms with Crippen molar-refractivity contribution in [3.8, 4) is 0 Å². The Bertz CT molecular complexity index is 665. The number of benzene rings is 1. The number of anilines is 1. The average molecular weight is 281 g/mol. The summed E-state index contributed by atoms with van der Waals surface area (Å²) in [6.07, 6.45) is 3.22. The van der Waals surface area contributed by atoms with Gasteiger partial charge in [-0.1, -0.05) is 19.9 Å². The highest BCUT2D eigenvalue weighted by Gasteiger charge is 2.27. The maximum atomic E-state index is 12.1. The molecule has 1 amide bonds. The topological polar surface area (TPSA) is 54.0 Å². The van der Waals surface area contributed by atoms with Gasteiger partial charge >= 0.3 is 0 Å². The summed E-state index contributed by atoms with van der Waals surface area (Å²) in [7, 11) is 0. The Labute approximate surface area is 124 Å². The SMILES string of the molecule is CC1(C)CNCc2cc(NC(=O)c3cccnc3)ccc21. The molecule has 1 aromatic heterocycles. The Balaban J connectivity index is 1.83. The van der Waals surface area contributed by atoms with Gasteiger partial charge in [-0.15, -0.1) is 0 Å². The Hall–Kier alpha value is -2.20. The summed E-state index contributed by atoms with van der Waals surface area (Å²) < 4.78 is 0. The highest BCUT2D eigenvalue weighted by Crippen LogP contribution is 2.31. The van der Waals surface area contributed by atoms with Crippen molar-refractivity contribution < 1.29 is 4.79 Å². The second-order valence-electron chi connectivity index (χ2n) is 6.06. The van der Waals surface area contributed by atoms with Crippen molar-refractivity contribution in [3.63, 3.8) is 0 Å². The maximum absolute atomic E-state index is 12.1. The van der Waals surface area contributed by atoms with Gasteiger partial charge in [-0.25, -0.2) is 0 Å². The summed E-state index contributed by atoms with van der Waals surface area (Å²) in [5.41, 5.74) is 4.10. The number of amides is 1. The van der Waals surface area contributed by atoms with Gasteiger partial charge in [-0.2, -0.15) is 0 Å². The van der Waals surface area contributed by atoms with E-state index >= 15 is 0 Å². The lowest BCUT2D eigenvalue weighted by Crippen LogP contribution is -2.38. The number of carbonyl (C=O) groups is 1. The molecule has 21 heavy (non-hydrogen) atoms. The zero-order chi connectivity index (χ0) is 14.9. The molecule has 2 aromatic rings. The van der Waals surface area contributed by atoms with Crippen LogP contribution in [0.2, 0.25) is 0 Å². The lowest BCUT2D eigenvalue weighted by molar-refractivity contribution is 0.102. The molecule has 0 radical (unpaired) electrons. The van der Waals surface area contributed by atoms with Crippen molar-refractivity contribution in [1.29, 1.82) is 0 Å². The molecule has 0 bridgehead atoms. The van der Waals surface area contributed by atoms with Crippen LogP contribution in [0, 0.1) is 0 Å². The van der Waals surface area contributed by atoms with Gasteiger partial charge < -0.3 is 10.6 Å². The maximum Gasteiger partial charge on any atom is 0.257 e. The number of aromatic nitrogens is 1. The van der Waals surface area contributed by atoms with Crippen molar-refractivity contribution in [2.75, 3.05) is 11.9 Å². The molecule has 0 saturated carbocycles. The van der Waals surface area contributed by atoms with Crippen LogP contribution in [0.4, 0.5) is 5.69 Å². The average Bonchev–Trinajstić information content (AvgIpc) is 2.47. The first-order valence-corrected chi connectivity index (χ1v) is 7.12. The Kier molecular flexibility index (Phi) is 3.47. The van der Waals surface area contributed by atoms with Crippen molar-refractivity contribution in [3.05, 3.63) is 59.4 Å². The molecule has 0 atom stereocenters. The fraction of sp³-hybridized carbons (Fsp3) is 0.294. The molecular weight excluding hydrogens is 262 g/mol. The number of fused-ring (bicyclic) bond motifs is 1. The van der Waals surface area contributed by atoms with Gasteiger partial charge in [0.2, 0.25) is 0 Å². The minimum Gasteiger partial charge on any atom is -0.322 e. The van der Waals surface area contributed by atoms with Gasteiger partial charge in [0, 0.05) is 36.6 Å². The van der Waals surface area contributed by atoms with Crippen LogP contribution in [0.25, 0.3) is 0 Å². The number of nitrogens with zero attached hydrogens (tertiary/aromatic N) is 1. The summed E-state index contributed by atoms with van der Waals surface area (Å²) in [4.78, 5) is 16.1. The molecular formula is C17H19N3O. The lowest BCUT2D eigenvalue weighted by atomic mass is 9.79. The van der Waals surface area contributed by atoms with Gasteiger partial charge in [-0.05, 0) is 35.4 Å². The predicted molar refractivity (Wildman–Crippen MR) is 83.4 cm³/mol. The first kappa shape index (κ1) is 13.8. The van der Waals surface area contributed by atoms with Crippen molar-refractivity contribution >= 4 is 11.6 Å². The molecule has 1 aliphatic rings. The normalized spacial score (nSPS) is 16.1. The zero-order valence-corrected chi connectivity index (χ0v) is 12.3. The van der Waals surface area contributed by atoms with Gasteiger partial charge in [-0.3, -0.25) is 9.78 Å². The Morgan fingerprint density at radius 1 is 1.33 bits per heavy atom. The summed E-state index contributed by atoms with van der Waals surface area (Å²) in [5, 5.41) is 6.35. The summed E-state index contributed by atoms with van der Waals surface area (Å²) >= 11 is 0. The molecule has 4 nitrogen and oxygen atoms in total. The number of hydrogen-bond acceptors (Lipinski definition) is 3. The molecule has 108 valence electrons. The van der Waals surface area contributed by atoms with E-state index in [1.807, 2.05) is 6.07 Å². The fourth-order valence-corrected chi connectivity index (χ4v) is 2.78. The number of pyridine rings is 1. The molecule has 0 spiro atoms. The van der Waals surface area contributed by atoms with Crippen LogP contribution in [-0.2, 0) is 12.0 Å². The highest BCUT2D eigenvalue weighted by molar-refractivity contribution is 6.04. The fourth-order valence-electron chi connectivity index (χ4n) is 2.78. The third-order valence-electron chi connectivity index (χ3n) is 3.90. The van der Waals surface area contributed by atoms with E-state index < -0.39 is 0 Å². The molecule has 2 N–H and O–H groups in total. The summed E-state index contributed by atoms with van der Waals surface area (Å²) in [5.74, 6) is -0.133. The summed E-state index contributed by atoms with van der Waals surface area (Å²) in [6, 6.07) is 9.66. The van der Waals surface area contributed by atoms with E-state index in [-0.39, 0.29) is 11.3 Å². The van der Waals surface area contributed by atoms with Gasteiger partial charge in [0.05, 0.1) is 5.56 Å². The van der Waals surface area contributed by atoms with E-state index in [4.69, 9.17) is 0 Å². The van der Waals surface area contributed by atoms with Crippen molar-refractivity contribution in [2.45, 2.75) is 25.8 Å². The molecule has 4 heteroatoms. The van der Waals surface area contributed by atoms with E-state index in [9.17, 15) is 4.79 Å². The van der Waals surface area contributed by atoms with Crippen molar-refractivity contribution in [2.24, 2.45) is 0 Å². The standard InChI is InChI=1S/C17H19N3O/c1-17(2)11-19-10-13-8-14(5-6-15(13)17)20-16(21)12-4-3-7-18-9-12/h3-9,19H,10-11H2,1-2H3,(H,20,21). The van der Waals surface area contributed by atoms with Crippen LogP contribution in [-0.4, -0.2) is 17.4 Å². The molecule has 2 heterocycles. The molecule has 0 aliphatic carbocycles. The highest BCUT2D eigenvalue weighted by atomic mass is 16.1. The quantitative estimate of drug-likeness (QED) is 0.890. The molecule has 3 rings (SSSR count). The van der Waals surface area contributed by atoms with E-state index in [1.165, 1.54) is 11.1 Å². The molecule has 0 fully saturated rings. The third kappa shape index (κ3) is 2.81. The Morgan fingerprint density at radius 3 is 2.95 bits per heavy atom. The third-order valence-corrected chi connectivity index (χ3v) is 3.90. The number of rotatable bonds is 2. The molecule has 0 unspecified atom stereocenters. The minimum absolute atomic E-state index is 0.124. The number of nitrogens with one attached hydrogen (secondary N) is 2. The number of carbonyl (C=O) groups excluding carboxylic acids is 1. The predicted octanol–water partition coefficient (Wildman–Crippen LogP) is 2.71. The largest absolute Gasteiger partial charge is 0.322 e. The smallest absolute Gasteiger partial charge is 0.257 e. The second kappa shape index (κ2) is 5.30. The van der Waals surface area contributed by atoms with Crippen LogP contribution in [0.15, 0.2) is 42.7 Å². The zero-order valence-electron chi connectivity index (χ0n) is 12.3. The second-order valence-corrected chi connectivity index (χ2v) is 6.06. The van der Waals surface area contributed by atoms with Gasteiger partial charge in [0.15, 0.2) is 0 Å². The summed E-state index contributed by atoms with van der Waals surface area (Å²) in [6.45, 7) is 6.27.